The molecular weight excluding hydrogens is 358 g/mol. The van der Waals surface area contributed by atoms with Crippen molar-refractivity contribution in [1.82, 2.24) is 10.1 Å². The Hall–Kier alpha value is -2.60. The zero-order valence-corrected chi connectivity index (χ0v) is 16.5. The van der Waals surface area contributed by atoms with Crippen LogP contribution >= 0.6 is 11.8 Å². The highest BCUT2D eigenvalue weighted by Gasteiger charge is 2.11. The van der Waals surface area contributed by atoms with Crippen molar-refractivity contribution < 1.29 is 9.32 Å². The number of carbonyl (C=O) groups is 1. The van der Waals surface area contributed by atoms with Crippen molar-refractivity contribution in [2.45, 2.75) is 37.5 Å². The van der Waals surface area contributed by atoms with Gasteiger partial charge in [-0.2, -0.15) is 4.98 Å². The number of amides is 1. The minimum atomic E-state index is -0.0760. The molecule has 3 aromatic rings. The van der Waals surface area contributed by atoms with Gasteiger partial charge in [0.1, 0.15) is 0 Å². The second-order valence-electron chi connectivity index (χ2n) is 6.57. The topological polar surface area (TPSA) is 68.0 Å². The van der Waals surface area contributed by atoms with E-state index in [4.69, 9.17) is 4.52 Å². The highest BCUT2D eigenvalue weighted by atomic mass is 32.2. The summed E-state index contributed by atoms with van der Waals surface area (Å²) in [5.74, 6) is 1.42. The van der Waals surface area contributed by atoms with Crippen molar-refractivity contribution in [3.05, 3.63) is 60.0 Å². The number of nitrogens with zero attached hydrogens (tertiary/aromatic N) is 2. The van der Waals surface area contributed by atoms with Gasteiger partial charge >= 0.3 is 0 Å². The Bertz CT molecular complexity index is 887. The summed E-state index contributed by atoms with van der Waals surface area (Å²) in [6.07, 6.45) is 2.72. The Labute approximate surface area is 163 Å². The van der Waals surface area contributed by atoms with Gasteiger partial charge in [0, 0.05) is 29.0 Å². The zero-order valence-electron chi connectivity index (χ0n) is 15.7. The predicted molar refractivity (Wildman–Crippen MR) is 109 cm³/mol. The molecule has 0 saturated carbocycles. The van der Waals surface area contributed by atoms with Gasteiger partial charge in [0.15, 0.2) is 0 Å². The number of aromatic nitrogens is 2. The first kappa shape index (κ1) is 19.2. The van der Waals surface area contributed by atoms with Crippen LogP contribution in [0.3, 0.4) is 0 Å². The van der Waals surface area contributed by atoms with Crippen LogP contribution in [-0.4, -0.2) is 22.3 Å². The maximum Gasteiger partial charge on any atom is 0.227 e. The molecule has 0 atom stereocenters. The number of anilines is 1. The molecule has 2 aromatic carbocycles. The lowest BCUT2D eigenvalue weighted by Gasteiger charge is -2.05. The van der Waals surface area contributed by atoms with Gasteiger partial charge in [-0.15, -0.1) is 11.8 Å². The van der Waals surface area contributed by atoms with Gasteiger partial charge in [-0.1, -0.05) is 43.3 Å². The number of benzene rings is 2. The first-order valence-corrected chi connectivity index (χ1v) is 10.1. The number of nitrogens with one attached hydrogen (secondary N) is 1. The molecule has 3 rings (SSSR count). The summed E-state index contributed by atoms with van der Waals surface area (Å²) < 4.78 is 5.28. The molecule has 1 heterocycles. The highest BCUT2D eigenvalue weighted by Crippen LogP contribution is 2.21. The quantitative estimate of drug-likeness (QED) is 0.573. The molecule has 6 heteroatoms. The van der Waals surface area contributed by atoms with E-state index in [1.165, 1.54) is 5.56 Å². The number of hydrogen-bond acceptors (Lipinski definition) is 5. The molecule has 0 aliphatic rings. The first-order chi connectivity index (χ1) is 13.0. The molecule has 0 unspecified atom stereocenters. The number of rotatable bonds is 7. The van der Waals surface area contributed by atoms with E-state index in [1.54, 1.807) is 11.8 Å². The maximum atomic E-state index is 12.1. The summed E-state index contributed by atoms with van der Waals surface area (Å²) >= 11 is 1.67. The molecule has 0 spiro atoms. The second kappa shape index (κ2) is 8.86. The molecule has 1 aromatic heterocycles. The fourth-order valence-electron chi connectivity index (χ4n) is 2.61. The molecule has 0 aliphatic carbocycles. The number of carbonyl (C=O) groups excluding carboxylic acids is 1. The fourth-order valence-corrected chi connectivity index (χ4v) is 3.02. The summed E-state index contributed by atoms with van der Waals surface area (Å²) in [4.78, 5) is 17.7. The van der Waals surface area contributed by atoms with Crippen molar-refractivity contribution in [2.75, 3.05) is 11.6 Å². The third kappa shape index (κ3) is 5.20. The minimum Gasteiger partial charge on any atom is -0.339 e. The van der Waals surface area contributed by atoms with E-state index in [0.717, 1.165) is 16.1 Å². The van der Waals surface area contributed by atoms with Crippen LogP contribution in [0.5, 0.6) is 0 Å². The first-order valence-electron chi connectivity index (χ1n) is 8.92. The monoisotopic (exact) mass is 381 g/mol. The summed E-state index contributed by atoms with van der Waals surface area (Å²) in [6, 6.07) is 15.9. The zero-order chi connectivity index (χ0) is 19.2. The maximum absolute atomic E-state index is 12.1. The van der Waals surface area contributed by atoms with E-state index in [0.29, 0.717) is 24.1 Å². The lowest BCUT2D eigenvalue weighted by atomic mass is 10.0. The molecule has 0 aliphatic heterocycles. The van der Waals surface area contributed by atoms with Gasteiger partial charge < -0.3 is 9.84 Å². The Kier molecular flexibility index (Phi) is 6.29. The SMILES string of the molecule is CSc1ccc(NC(=O)CCc2nc(-c3ccc(C(C)C)cc3)no2)cc1. The lowest BCUT2D eigenvalue weighted by Crippen LogP contribution is -2.12. The Morgan fingerprint density at radius 3 is 2.44 bits per heavy atom. The largest absolute Gasteiger partial charge is 0.339 e. The Morgan fingerprint density at radius 1 is 1.11 bits per heavy atom. The number of aryl methyl sites for hydroxylation is 1. The molecule has 0 bridgehead atoms. The lowest BCUT2D eigenvalue weighted by molar-refractivity contribution is -0.116. The van der Waals surface area contributed by atoms with Gasteiger partial charge in [-0.25, -0.2) is 0 Å². The van der Waals surface area contributed by atoms with Crippen LogP contribution in [0.4, 0.5) is 5.69 Å². The minimum absolute atomic E-state index is 0.0760. The Morgan fingerprint density at radius 2 is 1.81 bits per heavy atom. The summed E-state index contributed by atoms with van der Waals surface area (Å²) in [6.45, 7) is 4.31. The Balaban J connectivity index is 1.54. The summed E-state index contributed by atoms with van der Waals surface area (Å²) in [5, 5.41) is 6.90. The molecule has 1 amide bonds. The molecule has 1 N–H and O–H groups in total. The van der Waals surface area contributed by atoms with Crippen molar-refractivity contribution in [3.63, 3.8) is 0 Å². The summed E-state index contributed by atoms with van der Waals surface area (Å²) in [5.41, 5.74) is 2.96. The number of thioether (sulfide) groups is 1. The van der Waals surface area contributed by atoms with Crippen molar-refractivity contribution in [3.8, 4) is 11.4 Å². The van der Waals surface area contributed by atoms with E-state index in [-0.39, 0.29) is 12.3 Å². The van der Waals surface area contributed by atoms with Gasteiger partial charge in [0.25, 0.3) is 0 Å². The highest BCUT2D eigenvalue weighted by molar-refractivity contribution is 7.98. The van der Waals surface area contributed by atoms with Gasteiger partial charge in [0.05, 0.1) is 0 Å². The van der Waals surface area contributed by atoms with E-state index < -0.39 is 0 Å². The van der Waals surface area contributed by atoms with E-state index >= 15 is 0 Å². The van der Waals surface area contributed by atoms with E-state index in [2.05, 4.69) is 41.4 Å². The second-order valence-corrected chi connectivity index (χ2v) is 7.44. The normalized spacial score (nSPS) is 11.0. The van der Waals surface area contributed by atoms with Crippen LogP contribution in [0.25, 0.3) is 11.4 Å². The average molecular weight is 382 g/mol. The van der Waals surface area contributed by atoms with Crippen molar-refractivity contribution in [2.24, 2.45) is 0 Å². The molecule has 0 radical (unpaired) electrons. The molecule has 0 saturated heterocycles. The van der Waals surface area contributed by atoms with Crippen LogP contribution in [0.15, 0.2) is 57.9 Å². The third-order valence-electron chi connectivity index (χ3n) is 4.24. The van der Waals surface area contributed by atoms with Crippen LogP contribution in [-0.2, 0) is 11.2 Å². The average Bonchev–Trinajstić information content (AvgIpc) is 3.16. The van der Waals surface area contributed by atoms with Crippen LogP contribution in [0.1, 0.15) is 37.6 Å². The molecule has 140 valence electrons. The molecule has 27 heavy (non-hydrogen) atoms. The van der Waals surface area contributed by atoms with Gasteiger partial charge in [0.2, 0.25) is 17.6 Å². The van der Waals surface area contributed by atoms with Crippen LogP contribution < -0.4 is 5.32 Å². The molecule has 5 nitrogen and oxygen atoms in total. The standard InChI is InChI=1S/C21H23N3O2S/c1-14(2)15-4-6-16(7-5-15)21-23-20(26-24-21)13-12-19(25)22-17-8-10-18(27-3)11-9-17/h4-11,14H,12-13H2,1-3H3,(H,22,25). The van der Waals surface area contributed by atoms with E-state index in [1.807, 2.05) is 42.7 Å². The molecule has 0 fully saturated rings. The molecular formula is C21H23N3O2S. The van der Waals surface area contributed by atoms with Crippen LogP contribution in [0, 0.1) is 0 Å². The smallest absolute Gasteiger partial charge is 0.227 e. The van der Waals surface area contributed by atoms with Gasteiger partial charge in [-0.3, -0.25) is 4.79 Å². The van der Waals surface area contributed by atoms with Crippen molar-refractivity contribution in [1.29, 1.82) is 0 Å². The fraction of sp³-hybridized carbons (Fsp3) is 0.286. The van der Waals surface area contributed by atoms with Gasteiger partial charge in [-0.05, 0) is 42.0 Å². The summed E-state index contributed by atoms with van der Waals surface area (Å²) in [7, 11) is 0. The van der Waals surface area contributed by atoms with E-state index in [9.17, 15) is 4.79 Å². The third-order valence-corrected chi connectivity index (χ3v) is 4.99. The van der Waals surface area contributed by atoms with Crippen LogP contribution in [0.2, 0.25) is 0 Å². The van der Waals surface area contributed by atoms with Crippen molar-refractivity contribution >= 4 is 23.4 Å². The predicted octanol–water partition coefficient (Wildman–Crippen LogP) is 5.15. The number of hydrogen-bond donors (Lipinski definition) is 1.